The summed E-state index contributed by atoms with van der Waals surface area (Å²) in [6, 6.07) is 8.31. The van der Waals surface area contributed by atoms with Crippen molar-refractivity contribution < 1.29 is 4.74 Å². The first-order valence-electron chi connectivity index (χ1n) is 6.12. The van der Waals surface area contributed by atoms with Gasteiger partial charge in [0.15, 0.2) is 0 Å². The zero-order valence-electron chi connectivity index (χ0n) is 9.52. The molecule has 0 radical (unpaired) electrons. The summed E-state index contributed by atoms with van der Waals surface area (Å²) in [7, 11) is 0. The SMILES string of the molecule is c1ccc2c(c1)OCc1cncc(C3CC3)c1-2. The van der Waals surface area contributed by atoms with Gasteiger partial charge in [-0.1, -0.05) is 18.2 Å². The van der Waals surface area contributed by atoms with Crippen molar-refractivity contribution in [2.45, 2.75) is 25.4 Å². The molecule has 1 saturated carbocycles. The molecule has 1 fully saturated rings. The number of benzene rings is 1. The molecule has 0 N–H and O–H groups in total. The van der Waals surface area contributed by atoms with Crippen LogP contribution in [0.2, 0.25) is 0 Å². The van der Waals surface area contributed by atoms with E-state index in [1.807, 2.05) is 18.5 Å². The molecule has 1 aliphatic carbocycles. The molecule has 2 nitrogen and oxygen atoms in total. The van der Waals surface area contributed by atoms with E-state index in [0.29, 0.717) is 6.61 Å². The third-order valence-corrected chi connectivity index (χ3v) is 3.61. The molecule has 17 heavy (non-hydrogen) atoms. The lowest BCUT2D eigenvalue weighted by Crippen LogP contribution is -2.08. The van der Waals surface area contributed by atoms with Crippen LogP contribution < -0.4 is 4.74 Å². The Bertz CT molecular complexity index is 587. The highest BCUT2D eigenvalue weighted by Gasteiger charge is 2.30. The number of fused-ring (bicyclic) bond motifs is 3. The number of ether oxygens (including phenoxy) is 1. The molecular formula is C15H13NO. The zero-order valence-corrected chi connectivity index (χ0v) is 9.52. The van der Waals surface area contributed by atoms with Crippen LogP contribution in [0.3, 0.4) is 0 Å². The third-order valence-electron chi connectivity index (χ3n) is 3.61. The molecule has 0 spiro atoms. The first-order valence-corrected chi connectivity index (χ1v) is 6.12. The van der Waals surface area contributed by atoms with E-state index in [1.54, 1.807) is 0 Å². The van der Waals surface area contributed by atoms with Gasteiger partial charge in [0.05, 0.1) is 0 Å². The number of aromatic nitrogens is 1. The lowest BCUT2D eigenvalue weighted by molar-refractivity contribution is 0.301. The van der Waals surface area contributed by atoms with Gasteiger partial charge in [-0.2, -0.15) is 0 Å². The van der Waals surface area contributed by atoms with E-state index in [4.69, 9.17) is 4.74 Å². The van der Waals surface area contributed by atoms with E-state index in [9.17, 15) is 0 Å². The van der Waals surface area contributed by atoms with Crippen LogP contribution in [0, 0.1) is 0 Å². The van der Waals surface area contributed by atoms with Crippen molar-refractivity contribution in [1.82, 2.24) is 4.98 Å². The minimum atomic E-state index is 0.653. The molecule has 0 atom stereocenters. The van der Waals surface area contributed by atoms with E-state index in [1.165, 1.54) is 35.1 Å². The summed E-state index contributed by atoms with van der Waals surface area (Å²) in [5.74, 6) is 1.73. The Morgan fingerprint density at radius 3 is 2.88 bits per heavy atom. The van der Waals surface area contributed by atoms with Gasteiger partial charge < -0.3 is 4.74 Å². The molecule has 0 saturated heterocycles. The number of hydrogen-bond donors (Lipinski definition) is 0. The second-order valence-corrected chi connectivity index (χ2v) is 4.82. The monoisotopic (exact) mass is 223 g/mol. The predicted octanol–water partition coefficient (Wildman–Crippen LogP) is 3.52. The second kappa shape index (κ2) is 3.33. The first kappa shape index (κ1) is 9.23. The Kier molecular flexibility index (Phi) is 1.81. The normalized spacial score (nSPS) is 16.9. The fourth-order valence-corrected chi connectivity index (χ4v) is 2.62. The van der Waals surface area contributed by atoms with Gasteiger partial charge in [-0.15, -0.1) is 0 Å². The van der Waals surface area contributed by atoms with Crippen LogP contribution >= 0.6 is 0 Å². The van der Waals surface area contributed by atoms with Crippen LogP contribution in [0.25, 0.3) is 11.1 Å². The van der Waals surface area contributed by atoms with Crippen molar-refractivity contribution in [3.8, 4) is 16.9 Å². The predicted molar refractivity (Wildman–Crippen MR) is 66.0 cm³/mol. The molecule has 1 aromatic heterocycles. The topological polar surface area (TPSA) is 22.1 Å². The summed E-state index contributed by atoms with van der Waals surface area (Å²) in [5.41, 5.74) is 5.26. The van der Waals surface area contributed by atoms with Crippen LogP contribution in [-0.2, 0) is 6.61 Å². The van der Waals surface area contributed by atoms with Crippen LogP contribution in [0.4, 0.5) is 0 Å². The molecule has 4 rings (SSSR count). The smallest absolute Gasteiger partial charge is 0.127 e. The number of para-hydroxylation sites is 1. The highest BCUT2D eigenvalue weighted by atomic mass is 16.5. The van der Waals surface area contributed by atoms with E-state index < -0.39 is 0 Å². The molecule has 0 bridgehead atoms. The quantitative estimate of drug-likeness (QED) is 0.738. The van der Waals surface area contributed by atoms with E-state index in [2.05, 4.69) is 23.2 Å². The molecule has 0 amide bonds. The Balaban J connectivity index is 2.00. The summed E-state index contributed by atoms with van der Waals surface area (Å²) in [5, 5.41) is 0. The number of nitrogens with zero attached hydrogens (tertiary/aromatic N) is 1. The van der Waals surface area contributed by atoms with Crippen LogP contribution in [0.15, 0.2) is 36.7 Å². The van der Waals surface area contributed by atoms with Crippen molar-refractivity contribution in [3.05, 3.63) is 47.8 Å². The Hall–Kier alpha value is -1.83. The average Bonchev–Trinajstić information content (AvgIpc) is 3.22. The standard InChI is InChI=1S/C15H13NO/c1-2-4-14-12(3-1)15-11(9-17-14)7-16-8-13(15)10-5-6-10/h1-4,7-8,10H,5-6,9H2. The fraction of sp³-hybridized carbons (Fsp3) is 0.267. The van der Waals surface area contributed by atoms with Gasteiger partial charge in [0.1, 0.15) is 12.4 Å². The maximum absolute atomic E-state index is 5.77. The van der Waals surface area contributed by atoms with Gasteiger partial charge in [-0.3, -0.25) is 4.98 Å². The molecular weight excluding hydrogens is 210 g/mol. The van der Waals surface area contributed by atoms with Crippen molar-refractivity contribution in [2.75, 3.05) is 0 Å². The van der Waals surface area contributed by atoms with Crippen molar-refractivity contribution in [2.24, 2.45) is 0 Å². The molecule has 2 aliphatic rings. The third kappa shape index (κ3) is 1.37. The van der Waals surface area contributed by atoms with Gasteiger partial charge in [0.2, 0.25) is 0 Å². The minimum Gasteiger partial charge on any atom is -0.488 e. The van der Waals surface area contributed by atoms with Gasteiger partial charge in [0, 0.05) is 23.5 Å². The average molecular weight is 223 g/mol. The van der Waals surface area contributed by atoms with Gasteiger partial charge in [-0.05, 0) is 36.0 Å². The number of rotatable bonds is 1. The number of pyridine rings is 1. The summed E-state index contributed by atoms with van der Waals surface area (Å²) >= 11 is 0. The van der Waals surface area contributed by atoms with E-state index in [0.717, 1.165) is 11.7 Å². The second-order valence-electron chi connectivity index (χ2n) is 4.82. The molecule has 0 unspecified atom stereocenters. The fourth-order valence-electron chi connectivity index (χ4n) is 2.62. The van der Waals surface area contributed by atoms with E-state index in [-0.39, 0.29) is 0 Å². The molecule has 1 aliphatic heterocycles. The van der Waals surface area contributed by atoms with Gasteiger partial charge >= 0.3 is 0 Å². The summed E-state index contributed by atoms with van der Waals surface area (Å²) < 4.78 is 5.77. The van der Waals surface area contributed by atoms with Gasteiger partial charge in [0.25, 0.3) is 0 Å². The van der Waals surface area contributed by atoms with Gasteiger partial charge in [-0.25, -0.2) is 0 Å². The van der Waals surface area contributed by atoms with Crippen molar-refractivity contribution >= 4 is 0 Å². The molecule has 84 valence electrons. The summed E-state index contributed by atoms with van der Waals surface area (Å²) in [6.07, 6.45) is 6.60. The molecule has 2 aromatic rings. The Morgan fingerprint density at radius 2 is 2.00 bits per heavy atom. The minimum absolute atomic E-state index is 0.653. The summed E-state index contributed by atoms with van der Waals surface area (Å²) in [6.45, 7) is 0.653. The highest BCUT2D eigenvalue weighted by molar-refractivity contribution is 5.78. The maximum atomic E-state index is 5.77. The largest absolute Gasteiger partial charge is 0.488 e. The lowest BCUT2D eigenvalue weighted by Gasteiger charge is -2.22. The molecule has 2 heterocycles. The van der Waals surface area contributed by atoms with Crippen LogP contribution in [-0.4, -0.2) is 4.98 Å². The molecule has 2 heteroatoms. The first-order chi connectivity index (χ1) is 8.43. The van der Waals surface area contributed by atoms with Crippen LogP contribution in [0.1, 0.15) is 29.9 Å². The van der Waals surface area contributed by atoms with Crippen molar-refractivity contribution in [3.63, 3.8) is 0 Å². The lowest BCUT2D eigenvalue weighted by atomic mass is 9.92. The molecule has 1 aromatic carbocycles. The number of hydrogen-bond acceptors (Lipinski definition) is 2. The van der Waals surface area contributed by atoms with Crippen molar-refractivity contribution in [1.29, 1.82) is 0 Å². The Labute approximate surface area is 100 Å². The van der Waals surface area contributed by atoms with E-state index >= 15 is 0 Å². The Morgan fingerprint density at radius 1 is 1.12 bits per heavy atom. The zero-order chi connectivity index (χ0) is 11.2. The maximum Gasteiger partial charge on any atom is 0.127 e. The summed E-state index contributed by atoms with van der Waals surface area (Å²) in [4.78, 5) is 4.35. The highest BCUT2D eigenvalue weighted by Crippen LogP contribution is 2.48. The van der Waals surface area contributed by atoms with Crippen LogP contribution in [0.5, 0.6) is 5.75 Å².